The molecule has 2 N–H and O–H groups in total. The van der Waals surface area contributed by atoms with Crippen molar-refractivity contribution in [1.82, 2.24) is 9.97 Å². The van der Waals surface area contributed by atoms with Crippen molar-refractivity contribution in [3.63, 3.8) is 0 Å². The Hall–Kier alpha value is -2.09. The van der Waals surface area contributed by atoms with E-state index in [0.717, 1.165) is 36.9 Å². The van der Waals surface area contributed by atoms with Gasteiger partial charge in [0.15, 0.2) is 0 Å². The van der Waals surface area contributed by atoms with Crippen molar-refractivity contribution in [2.45, 2.75) is 44.6 Å². The van der Waals surface area contributed by atoms with Gasteiger partial charge >= 0.3 is 5.97 Å². The second kappa shape index (κ2) is 6.19. The molecule has 0 saturated heterocycles. The molecule has 1 aromatic heterocycles. The van der Waals surface area contributed by atoms with Crippen molar-refractivity contribution in [2.75, 3.05) is 5.32 Å². The molecule has 2 rings (SSSR count). The number of hydrogen-bond donors (Lipinski definition) is 2. The van der Waals surface area contributed by atoms with Crippen molar-refractivity contribution >= 4 is 11.8 Å². The van der Waals surface area contributed by atoms with Crippen LogP contribution in [0.3, 0.4) is 0 Å². The number of nitrogens with one attached hydrogen (secondary N) is 1. The Bertz CT molecular complexity index is 508. The molecule has 100 valence electrons. The predicted molar refractivity (Wildman–Crippen MR) is 71.8 cm³/mol. The van der Waals surface area contributed by atoms with Gasteiger partial charge in [-0.3, -0.25) is 0 Å². The maximum absolute atomic E-state index is 11.1. The molecular weight excluding hydrogens is 242 g/mol. The summed E-state index contributed by atoms with van der Waals surface area (Å²) in [6.07, 6.45) is 12.0. The lowest BCUT2D eigenvalue weighted by atomic mass is 10.1. The number of carboxylic acid groups (broad SMARTS) is 1. The highest BCUT2D eigenvalue weighted by Crippen LogP contribution is 2.24. The Morgan fingerprint density at radius 1 is 1.42 bits per heavy atom. The number of carboxylic acids is 1. The van der Waals surface area contributed by atoms with Crippen LogP contribution in [0.25, 0.3) is 0 Å². The van der Waals surface area contributed by atoms with E-state index in [9.17, 15) is 4.79 Å². The van der Waals surface area contributed by atoms with E-state index in [1.54, 1.807) is 0 Å². The largest absolute Gasteiger partial charge is 0.480 e. The quantitative estimate of drug-likeness (QED) is 0.635. The molecule has 5 nitrogen and oxygen atoms in total. The van der Waals surface area contributed by atoms with Crippen LogP contribution in [0.4, 0.5) is 5.82 Å². The van der Waals surface area contributed by atoms with Crippen LogP contribution < -0.4 is 5.32 Å². The molecule has 1 aliphatic rings. The lowest BCUT2D eigenvalue weighted by Gasteiger charge is -2.16. The summed E-state index contributed by atoms with van der Waals surface area (Å²) in [7, 11) is 0. The number of hydrogen-bond acceptors (Lipinski definition) is 4. The topological polar surface area (TPSA) is 75.1 Å². The van der Waals surface area contributed by atoms with Crippen molar-refractivity contribution in [3.8, 4) is 12.3 Å². The summed E-state index contributed by atoms with van der Waals surface area (Å²) in [6.45, 7) is 0. The van der Waals surface area contributed by atoms with Crippen LogP contribution in [-0.4, -0.2) is 27.1 Å². The third-order valence-corrected chi connectivity index (χ3v) is 3.31. The van der Waals surface area contributed by atoms with Gasteiger partial charge in [-0.15, -0.1) is 12.3 Å². The molecule has 0 bridgehead atoms. The van der Waals surface area contributed by atoms with Gasteiger partial charge < -0.3 is 10.4 Å². The van der Waals surface area contributed by atoms with Crippen molar-refractivity contribution in [2.24, 2.45) is 0 Å². The molecule has 1 heterocycles. The molecule has 1 atom stereocenters. The minimum Gasteiger partial charge on any atom is -0.480 e. The van der Waals surface area contributed by atoms with E-state index in [-0.39, 0.29) is 6.42 Å². The molecule has 0 aliphatic heterocycles. The molecule has 0 fully saturated rings. The highest BCUT2D eigenvalue weighted by Gasteiger charge is 2.20. The number of aryl methyl sites for hydroxylation is 1. The highest BCUT2D eigenvalue weighted by atomic mass is 16.4. The van der Waals surface area contributed by atoms with E-state index in [1.165, 1.54) is 12.7 Å². The number of rotatable bonds is 4. The molecule has 1 unspecified atom stereocenters. The standard InChI is InChI=1S/C14H17N3O2/c1-2-6-12(14(18)19)17-13-10-7-4-3-5-8-11(10)15-9-16-13/h1,9,12H,3-8H2,(H,18,19)(H,15,16,17). The van der Waals surface area contributed by atoms with Gasteiger partial charge in [0.05, 0.1) is 0 Å². The smallest absolute Gasteiger partial charge is 0.327 e. The average Bonchev–Trinajstić information content (AvgIpc) is 2.64. The lowest BCUT2D eigenvalue weighted by molar-refractivity contribution is -0.137. The van der Waals surface area contributed by atoms with Crippen molar-refractivity contribution in [3.05, 3.63) is 17.6 Å². The molecular formula is C14H17N3O2. The number of aliphatic carboxylic acids is 1. The highest BCUT2D eigenvalue weighted by molar-refractivity contribution is 5.77. The van der Waals surface area contributed by atoms with Gasteiger partial charge in [-0.1, -0.05) is 6.42 Å². The first-order valence-corrected chi connectivity index (χ1v) is 6.48. The van der Waals surface area contributed by atoms with E-state index < -0.39 is 12.0 Å². The normalized spacial score (nSPS) is 15.7. The Balaban J connectivity index is 2.25. The number of carbonyl (C=O) groups is 1. The third kappa shape index (κ3) is 3.22. The van der Waals surface area contributed by atoms with Crippen LogP contribution >= 0.6 is 0 Å². The van der Waals surface area contributed by atoms with Gasteiger partial charge in [0.2, 0.25) is 0 Å². The number of terminal acetylenes is 1. The van der Waals surface area contributed by atoms with Crippen LogP contribution in [0.1, 0.15) is 36.9 Å². The predicted octanol–water partition coefficient (Wildman–Crippen LogP) is 1.63. The third-order valence-electron chi connectivity index (χ3n) is 3.31. The molecule has 1 aliphatic carbocycles. The fraction of sp³-hybridized carbons (Fsp3) is 0.500. The number of fused-ring (bicyclic) bond motifs is 1. The molecule has 0 amide bonds. The van der Waals surface area contributed by atoms with E-state index in [1.807, 2.05) is 0 Å². The summed E-state index contributed by atoms with van der Waals surface area (Å²) in [5.74, 6) is 2.04. The van der Waals surface area contributed by atoms with Crippen LogP contribution in [0.15, 0.2) is 6.33 Å². The SMILES string of the molecule is C#CCC(Nc1ncnc2c1CCCCC2)C(=O)O. The summed E-state index contributed by atoms with van der Waals surface area (Å²) in [5, 5.41) is 12.1. The zero-order chi connectivity index (χ0) is 13.7. The Morgan fingerprint density at radius 3 is 2.95 bits per heavy atom. The van der Waals surface area contributed by atoms with E-state index in [4.69, 9.17) is 11.5 Å². The van der Waals surface area contributed by atoms with Crippen LogP contribution in [0.2, 0.25) is 0 Å². The first-order valence-electron chi connectivity index (χ1n) is 6.48. The molecule has 0 spiro atoms. The van der Waals surface area contributed by atoms with Gasteiger partial charge in [0, 0.05) is 17.7 Å². The van der Waals surface area contributed by atoms with E-state index >= 15 is 0 Å². The Kier molecular flexibility index (Phi) is 4.35. The maximum atomic E-state index is 11.1. The molecule has 5 heteroatoms. The lowest BCUT2D eigenvalue weighted by Crippen LogP contribution is -2.30. The van der Waals surface area contributed by atoms with Crippen LogP contribution in [-0.2, 0) is 17.6 Å². The van der Waals surface area contributed by atoms with Crippen molar-refractivity contribution < 1.29 is 9.90 Å². The van der Waals surface area contributed by atoms with Crippen LogP contribution in [0, 0.1) is 12.3 Å². The second-order valence-corrected chi connectivity index (χ2v) is 4.65. The first kappa shape index (κ1) is 13.3. The van der Waals surface area contributed by atoms with Crippen molar-refractivity contribution in [1.29, 1.82) is 0 Å². The Morgan fingerprint density at radius 2 is 2.21 bits per heavy atom. The van der Waals surface area contributed by atoms with Gasteiger partial charge in [-0.05, 0) is 25.7 Å². The van der Waals surface area contributed by atoms with Gasteiger partial charge in [-0.25, -0.2) is 14.8 Å². The summed E-state index contributed by atoms with van der Waals surface area (Å²) < 4.78 is 0. The van der Waals surface area contributed by atoms with E-state index in [0.29, 0.717) is 5.82 Å². The average molecular weight is 259 g/mol. The summed E-state index contributed by atoms with van der Waals surface area (Å²) in [4.78, 5) is 19.6. The van der Waals surface area contributed by atoms with Gasteiger partial charge in [0.25, 0.3) is 0 Å². The fourth-order valence-corrected chi connectivity index (χ4v) is 2.31. The number of nitrogens with zero attached hydrogens (tertiary/aromatic N) is 2. The fourth-order valence-electron chi connectivity index (χ4n) is 2.31. The number of aromatic nitrogens is 2. The number of anilines is 1. The zero-order valence-corrected chi connectivity index (χ0v) is 10.7. The summed E-state index contributed by atoms with van der Waals surface area (Å²) >= 11 is 0. The molecule has 0 radical (unpaired) electrons. The summed E-state index contributed by atoms with van der Waals surface area (Å²) in [6, 6.07) is -0.799. The minimum atomic E-state index is -0.959. The molecule has 0 aromatic carbocycles. The van der Waals surface area contributed by atoms with Crippen LogP contribution in [0.5, 0.6) is 0 Å². The zero-order valence-electron chi connectivity index (χ0n) is 10.7. The summed E-state index contributed by atoms with van der Waals surface area (Å²) in [5.41, 5.74) is 2.07. The van der Waals surface area contributed by atoms with E-state index in [2.05, 4.69) is 21.2 Å². The Labute approximate surface area is 112 Å². The maximum Gasteiger partial charge on any atom is 0.327 e. The molecule has 19 heavy (non-hydrogen) atoms. The van der Waals surface area contributed by atoms with Gasteiger partial charge in [0.1, 0.15) is 18.2 Å². The molecule has 1 aromatic rings. The minimum absolute atomic E-state index is 0.133. The first-order chi connectivity index (χ1) is 9.22. The van der Waals surface area contributed by atoms with Gasteiger partial charge in [-0.2, -0.15) is 0 Å². The second-order valence-electron chi connectivity index (χ2n) is 4.65. The monoisotopic (exact) mass is 259 g/mol. The molecule has 0 saturated carbocycles.